The molecule has 10 heteroatoms. The van der Waals surface area contributed by atoms with Crippen molar-refractivity contribution in [3.63, 3.8) is 0 Å². The lowest BCUT2D eigenvalue weighted by Gasteiger charge is -2.17. The van der Waals surface area contributed by atoms with Crippen LogP contribution in [0.3, 0.4) is 0 Å². The number of amides is 2. The molecule has 0 spiro atoms. The molecule has 0 aliphatic rings. The van der Waals surface area contributed by atoms with Gasteiger partial charge in [-0.25, -0.2) is 9.37 Å². The first-order valence-corrected chi connectivity index (χ1v) is 9.14. The zero-order valence-corrected chi connectivity index (χ0v) is 16.7. The summed E-state index contributed by atoms with van der Waals surface area (Å²) in [5.41, 5.74) is 0.217. The molecule has 7 nitrogen and oxygen atoms in total. The van der Waals surface area contributed by atoms with Crippen LogP contribution in [-0.4, -0.2) is 39.9 Å². The number of benzene rings is 2. The largest absolute Gasteiger partial charge is 0.335 e. The topological polar surface area (TPSA) is 84.3 Å². The first-order chi connectivity index (χ1) is 13.7. The summed E-state index contributed by atoms with van der Waals surface area (Å²) in [6.45, 7) is -0.560. The number of halogens is 3. The van der Waals surface area contributed by atoms with Crippen LogP contribution >= 0.6 is 23.2 Å². The summed E-state index contributed by atoms with van der Waals surface area (Å²) in [6.07, 6.45) is 1.22. The maximum Gasteiger partial charge on any atom is 0.261 e. The van der Waals surface area contributed by atoms with Crippen molar-refractivity contribution in [2.24, 2.45) is 0 Å². The van der Waals surface area contributed by atoms with Crippen molar-refractivity contribution in [2.45, 2.75) is 6.54 Å². The van der Waals surface area contributed by atoms with Gasteiger partial charge in [0.25, 0.3) is 5.56 Å². The Morgan fingerprint density at radius 1 is 1.21 bits per heavy atom. The highest BCUT2D eigenvalue weighted by atomic mass is 35.5. The van der Waals surface area contributed by atoms with Gasteiger partial charge in [0.15, 0.2) is 0 Å². The van der Waals surface area contributed by atoms with E-state index < -0.39 is 23.2 Å². The fraction of sp³-hybridized carbons (Fsp3) is 0.158. The Bertz CT molecular complexity index is 1150. The van der Waals surface area contributed by atoms with Gasteiger partial charge in [0.05, 0.1) is 28.8 Å². The standard InChI is InChI=1S/C19H15Cl2FN4O3/c1-25(8-16(27)24-13-4-2-12(22)3-5-13)17(28)9-26-10-23-18-14(19(26)29)6-11(20)7-15(18)21/h2-7,10H,8-9H2,1H3,(H,24,27). The molecule has 2 aromatic carbocycles. The van der Waals surface area contributed by atoms with Gasteiger partial charge in [0, 0.05) is 17.8 Å². The zero-order chi connectivity index (χ0) is 21.1. The summed E-state index contributed by atoms with van der Waals surface area (Å²) in [5.74, 6) is -1.36. The van der Waals surface area contributed by atoms with E-state index in [4.69, 9.17) is 23.2 Å². The molecule has 0 saturated carbocycles. The summed E-state index contributed by atoms with van der Waals surface area (Å²) in [4.78, 5) is 42.4. The number of fused-ring (bicyclic) bond motifs is 1. The number of carbonyl (C=O) groups excluding carboxylic acids is 2. The van der Waals surface area contributed by atoms with E-state index in [-0.39, 0.29) is 34.0 Å². The Labute approximate surface area is 174 Å². The molecule has 3 aromatic rings. The second-order valence-electron chi connectivity index (χ2n) is 6.27. The van der Waals surface area contributed by atoms with Gasteiger partial charge in [-0.2, -0.15) is 0 Å². The Morgan fingerprint density at radius 2 is 1.90 bits per heavy atom. The normalized spacial score (nSPS) is 10.8. The second kappa shape index (κ2) is 8.59. The van der Waals surface area contributed by atoms with Crippen LogP contribution in [0.1, 0.15) is 0 Å². The SMILES string of the molecule is CN(CC(=O)Nc1ccc(F)cc1)C(=O)Cn1cnc2c(Cl)cc(Cl)cc2c1=O. The van der Waals surface area contributed by atoms with Crippen molar-refractivity contribution in [2.75, 3.05) is 18.9 Å². The molecule has 0 unspecified atom stereocenters. The predicted octanol–water partition coefficient (Wildman–Crippen LogP) is 2.94. The fourth-order valence-electron chi connectivity index (χ4n) is 2.61. The highest BCUT2D eigenvalue weighted by Gasteiger charge is 2.16. The predicted molar refractivity (Wildman–Crippen MR) is 109 cm³/mol. The third-order valence-electron chi connectivity index (χ3n) is 4.09. The van der Waals surface area contributed by atoms with E-state index in [1.807, 2.05) is 0 Å². The molecule has 0 fully saturated rings. The van der Waals surface area contributed by atoms with Gasteiger partial charge in [-0.3, -0.25) is 19.0 Å². The number of hydrogen-bond acceptors (Lipinski definition) is 4. The van der Waals surface area contributed by atoms with Crippen LogP contribution < -0.4 is 10.9 Å². The van der Waals surface area contributed by atoms with E-state index in [0.717, 1.165) is 4.57 Å². The van der Waals surface area contributed by atoms with Gasteiger partial charge in [-0.15, -0.1) is 0 Å². The van der Waals surface area contributed by atoms with E-state index in [9.17, 15) is 18.8 Å². The van der Waals surface area contributed by atoms with Crippen molar-refractivity contribution in [1.82, 2.24) is 14.5 Å². The first kappa shape index (κ1) is 20.8. The molecular formula is C19H15Cl2FN4O3. The van der Waals surface area contributed by atoms with Crippen LogP contribution in [-0.2, 0) is 16.1 Å². The molecule has 150 valence electrons. The Hall–Kier alpha value is -2.97. The summed E-state index contributed by atoms with van der Waals surface area (Å²) >= 11 is 12.0. The van der Waals surface area contributed by atoms with Crippen LogP contribution in [0.25, 0.3) is 10.9 Å². The lowest BCUT2D eigenvalue weighted by atomic mass is 10.2. The molecule has 0 aliphatic carbocycles. The monoisotopic (exact) mass is 436 g/mol. The van der Waals surface area contributed by atoms with E-state index >= 15 is 0 Å². The second-order valence-corrected chi connectivity index (χ2v) is 7.11. The molecule has 0 radical (unpaired) electrons. The molecule has 0 saturated heterocycles. The Kier molecular flexibility index (Phi) is 6.14. The minimum absolute atomic E-state index is 0.189. The summed E-state index contributed by atoms with van der Waals surface area (Å²) in [6, 6.07) is 8.14. The van der Waals surface area contributed by atoms with E-state index in [1.165, 1.54) is 54.7 Å². The smallest absolute Gasteiger partial charge is 0.261 e. The molecule has 29 heavy (non-hydrogen) atoms. The van der Waals surface area contributed by atoms with Gasteiger partial charge in [0.2, 0.25) is 11.8 Å². The number of likely N-dealkylation sites (N-methyl/N-ethyl adjacent to an activating group) is 1. The number of rotatable bonds is 5. The highest BCUT2D eigenvalue weighted by molar-refractivity contribution is 6.38. The number of hydrogen-bond donors (Lipinski definition) is 1. The Balaban J connectivity index is 1.69. The molecule has 0 bridgehead atoms. The Morgan fingerprint density at radius 3 is 2.59 bits per heavy atom. The third-order valence-corrected chi connectivity index (χ3v) is 4.59. The quantitative estimate of drug-likeness (QED) is 0.666. The fourth-order valence-corrected chi connectivity index (χ4v) is 3.15. The summed E-state index contributed by atoms with van der Waals surface area (Å²) in [5, 5.41) is 3.26. The lowest BCUT2D eigenvalue weighted by molar-refractivity contribution is -0.133. The molecule has 1 aromatic heterocycles. The van der Waals surface area contributed by atoms with Crippen LogP contribution in [0.4, 0.5) is 10.1 Å². The van der Waals surface area contributed by atoms with E-state index in [1.54, 1.807) is 0 Å². The van der Waals surface area contributed by atoms with Crippen LogP contribution in [0.5, 0.6) is 0 Å². The number of anilines is 1. The number of carbonyl (C=O) groups is 2. The van der Waals surface area contributed by atoms with E-state index in [2.05, 4.69) is 10.3 Å². The summed E-state index contributed by atoms with van der Waals surface area (Å²) < 4.78 is 14.0. The molecule has 0 aliphatic heterocycles. The van der Waals surface area contributed by atoms with Gasteiger partial charge < -0.3 is 10.2 Å². The molecule has 2 amide bonds. The molecule has 3 rings (SSSR count). The maximum absolute atomic E-state index is 12.9. The average molecular weight is 437 g/mol. The van der Waals surface area contributed by atoms with Crippen molar-refractivity contribution in [3.8, 4) is 0 Å². The van der Waals surface area contributed by atoms with E-state index in [0.29, 0.717) is 5.69 Å². The van der Waals surface area contributed by atoms with Gasteiger partial charge >= 0.3 is 0 Å². The maximum atomic E-state index is 12.9. The number of aromatic nitrogens is 2. The van der Waals surface area contributed by atoms with Crippen molar-refractivity contribution in [1.29, 1.82) is 0 Å². The minimum Gasteiger partial charge on any atom is -0.335 e. The average Bonchev–Trinajstić information content (AvgIpc) is 2.66. The van der Waals surface area contributed by atoms with Crippen LogP contribution in [0.15, 0.2) is 47.5 Å². The molecule has 1 heterocycles. The lowest BCUT2D eigenvalue weighted by Crippen LogP contribution is -2.38. The first-order valence-electron chi connectivity index (χ1n) is 8.38. The van der Waals surface area contributed by atoms with Crippen LogP contribution in [0, 0.1) is 5.82 Å². The summed E-state index contributed by atoms with van der Waals surface area (Å²) in [7, 11) is 1.43. The van der Waals surface area contributed by atoms with Crippen molar-refractivity contribution in [3.05, 3.63) is 68.9 Å². The van der Waals surface area contributed by atoms with Crippen LogP contribution in [0.2, 0.25) is 10.0 Å². The molecular weight excluding hydrogens is 422 g/mol. The number of nitrogens with zero attached hydrogens (tertiary/aromatic N) is 3. The highest BCUT2D eigenvalue weighted by Crippen LogP contribution is 2.23. The molecule has 0 atom stereocenters. The van der Waals surface area contributed by atoms with Crippen molar-refractivity contribution >= 4 is 51.6 Å². The van der Waals surface area contributed by atoms with Crippen molar-refractivity contribution < 1.29 is 14.0 Å². The van der Waals surface area contributed by atoms with Gasteiger partial charge in [-0.1, -0.05) is 23.2 Å². The zero-order valence-electron chi connectivity index (χ0n) is 15.2. The minimum atomic E-state index is -0.476. The van der Waals surface area contributed by atoms with Gasteiger partial charge in [-0.05, 0) is 36.4 Å². The van der Waals surface area contributed by atoms with Gasteiger partial charge in [0.1, 0.15) is 12.4 Å². The molecule has 1 N–H and O–H groups in total. The third kappa shape index (κ3) is 4.90. The number of nitrogens with one attached hydrogen (secondary N) is 1.